The summed E-state index contributed by atoms with van der Waals surface area (Å²) in [6, 6.07) is 87.1. The number of hydrogen-bond acceptors (Lipinski definition) is 0. The Morgan fingerprint density at radius 2 is 0.275 bits per heavy atom. The Morgan fingerprint density at radius 3 is 0.425 bits per heavy atom. The van der Waals surface area contributed by atoms with Gasteiger partial charge in [0.15, 0.2) is 0 Å². The minimum atomic E-state index is 1.23. The van der Waals surface area contributed by atoms with Crippen molar-refractivity contribution in [2.75, 3.05) is 0 Å². The average Bonchev–Trinajstić information content (AvgIpc) is 3.65. The van der Waals surface area contributed by atoms with Crippen molar-refractivity contribution < 1.29 is 0 Å². The molecule has 80 heavy (non-hydrogen) atoms. The van der Waals surface area contributed by atoms with Crippen LogP contribution in [-0.4, -0.2) is 0 Å². The van der Waals surface area contributed by atoms with E-state index in [1.54, 1.807) is 0 Å². The van der Waals surface area contributed by atoms with Gasteiger partial charge in [0.2, 0.25) is 0 Å². The van der Waals surface area contributed by atoms with Crippen molar-refractivity contribution in [3.05, 3.63) is 275 Å². The molecule has 0 spiro atoms. The molecule has 0 unspecified atom stereocenters. The lowest BCUT2D eigenvalue weighted by atomic mass is 9.83. The maximum absolute atomic E-state index is 2.37. The maximum Gasteiger partial charge on any atom is -0.00987 e. The quantitative estimate of drug-likeness (QED) is 0.149. The Bertz CT molecular complexity index is 4540. The first-order valence-corrected chi connectivity index (χ1v) is 28.3. The Balaban J connectivity index is 0.873. The van der Waals surface area contributed by atoms with E-state index < -0.39 is 0 Å². The van der Waals surface area contributed by atoms with Crippen LogP contribution >= 0.6 is 0 Å². The summed E-state index contributed by atoms with van der Waals surface area (Å²) in [6.45, 7) is 18.1. The van der Waals surface area contributed by atoms with Crippen LogP contribution in [0.15, 0.2) is 231 Å². The van der Waals surface area contributed by atoms with Crippen LogP contribution in [0.3, 0.4) is 0 Å². The molecule has 14 rings (SSSR count). The molecule has 0 aliphatic carbocycles. The SMILES string of the molecule is Cc1cc(C)c(C)c(-c2ccc(-c3ccc(-c4ccc(-c5ccc(-c6ccc(-c7ccc(-c8c(C)c(C)cc(C)c8C)c8ccccc78)c7ccccc67)c6ccccc56)c5ccccc45)c4ccccc34)c3ccccc23)c1C. The molecule has 0 radical (unpaired) electrons. The number of benzene rings is 14. The molecule has 14 aromatic rings. The van der Waals surface area contributed by atoms with E-state index in [4.69, 9.17) is 0 Å². The molecule has 0 N–H and O–H groups in total. The number of hydrogen-bond donors (Lipinski definition) is 0. The molecule has 0 aliphatic heterocycles. The highest BCUT2D eigenvalue weighted by Gasteiger charge is 2.22. The van der Waals surface area contributed by atoms with E-state index in [9.17, 15) is 0 Å². The minimum Gasteiger partial charge on any atom is -0.0616 e. The lowest BCUT2D eigenvalue weighted by Gasteiger charge is -2.20. The van der Waals surface area contributed by atoms with E-state index in [-0.39, 0.29) is 0 Å². The van der Waals surface area contributed by atoms with Crippen molar-refractivity contribution in [1.29, 1.82) is 0 Å². The summed E-state index contributed by atoms with van der Waals surface area (Å²) in [6.07, 6.45) is 0. The van der Waals surface area contributed by atoms with E-state index in [2.05, 4.69) is 286 Å². The molecule has 382 valence electrons. The fraction of sp³-hybridized carbons (Fsp3) is 0.100. The Kier molecular flexibility index (Phi) is 11.8. The van der Waals surface area contributed by atoms with Gasteiger partial charge in [-0.05, 0) is 242 Å². The highest BCUT2D eigenvalue weighted by Crippen LogP contribution is 2.48. The van der Waals surface area contributed by atoms with E-state index in [1.165, 1.54) is 187 Å². The summed E-state index contributed by atoms with van der Waals surface area (Å²) in [5.41, 5.74) is 28.5. The molecular formula is C80H62. The van der Waals surface area contributed by atoms with Gasteiger partial charge in [0.25, 0.3) is 0 Å². The molecule has 0 saturated heterocycles. The van der Waals surface area contributed by atoms with E-state index in [0.717, 1.165) is 0 Å². The molecular weight excluding hydrogens is 961 g/mol. The van der Waals surface area contributed by atoms with Crippen LogP contribution in [0.1, 0.15) is 44.5 Å². The smallest absolute Gasteiger partial charge is 0.00987 e. The summed E-state index contributed by atoms with van der Waals surface area (Å²) >= 11 is 0. The predicted octanol–water partition coefficient (Wildman–Crippen LogP) is 22.7. The van der Waals surface area contributed by atoms with Crippen molar-refractivity contribution in [2.24, 2.45) is 0 Å². The third kappa shape index (κ3) is 7.65. The lowest BCUT2D eigenvalue weighted by molar-refractivity contribution is 1.25. The molecule has 0 aliphatic rings. The predicted molar refractivity (Wildman–Crippen MR) is 347 cm³/mol. The van der Waals surface area contributed by atoms with Gasteiger partial charge >= 0.3 is 0 Å². The summed E-state index contributed by atoms with van der Waals surface area (Å²) in [5.74, 6) is 0. The summed E-state index contributed by atoms with van der Waals surface area (Å²) < 4.78 is 0. The minimum absolute atomic E-state index is 1.23. The van der Waals surface area contributed by atoms with Gasteiger partial charge in [0.05, 0.1) is 0 Å². The number of rotatable bonds is 7. The average molecular weight is 1020 g/mol. The Morgan fingerprint density at radius 1 is 0.150 bits per heavy atom. The lowest BCUT2D eigenvalue weighted by Crippen LogP contribution is -1.96. The zero-order chi connectivity index (χ0) is 54.5. The van der Waals surface area contributed by atoms with Crippen LogP contribution in [0, 0.1) is 55.4 Å². The second-order valence-corrected chi connectivity index (χ2v) is 22.5. The Hall–Kier alpha value is -9.36. The second-order valence-electron chi connectivity index (χ2n) is 22.5. The zero-order valence-corrected chi connectivity index (χ0v) is 46.9. The first-order chi connectivity index (χ1) is 39.0. The third-order valence-electron chi connectivity index (χ3n) is 18.3. The van der Waals surface area contributed by atoms with Crippen molar-refractivity contribution >= 4 is 64.6 Å². The molecule has 0 fully saturated rings. The number of aryl methyl sites for hydroxylation is 4. The maximum atomic E-state index is 2.37. The summed E-state index contributed by atoms with van der Waals surface area (Å²) in [7, 11) is 0. The Labute approximate surface area is 470 Å². The van der Waals surface area contributed by atoms with Crippen LogP contribution in [0.5, 0.6) is 0 Å². The van der Waals surface area contributed by atoms with Crippen LogP contribution < -0.4 is 0 Å². The van der Waals surface area contributed by atoms with Crippen molar-refractivity contribution in [2.45, 2.75) is 55.4 Å². The molecule has 0 amide bonds. The first-order valence-electron chi connectivity index (χ1n) is 28.3. The fourth-order valence-electron chi connectivity index (χ4n) is 13.8. The molecule has 0 aromatic heterocycles. The van der Waals surface area contributed by atoms with Crippen molar-refractivity contribution in [1.82, 2.24) is 0 Å². The fourth-order valence-corrected chi connectivity index (χ4v) is 13.8. The van der Waals surface area contributed by atoms with Gasteiger partial charge in [-0.15, -0.1) is 0 Å². The standard InChI is InChI=1S/C80H62/c1-47-45-48(2)52(6)79(51(47)5)77-43-41-75(63-29-17-19-31-65(63)77)73-39-37-71(59-25-13-15-27-61(59)73)69-35-33-67(55-21-9-11-23-57(55)69)68-34-36-70(58-24-12-10-22-56(58)68)72-38-40-74(62-28-16-14-26-60(62)72)76-42-44-78(66-32-20-18-30-64(66)76)80-53(7)49(3)46-50(4)54(80)8/h9-46H,1-8H3. The van der Waals surface area contributed by atoms with Gasteiger partial charge in [-0.1, -0.05) is 231 Å². The highest BCUT2D eigenvalue weighted by molar-refractivity contribution is 6.19. The van der Waals surface area contributed by atoms with Gasteiger partial charge < -0.3 is 0 Å². The first kappa shape index (κ1) is 49.0. The molecule has 0 nitrogen and oxygen atoms in total. The van der Waals surface area contributed by atoms with Crippen molar-refractivity contribution in [3.8, 4) is 77.9 Å². The van der Waals surface area contributed by atoms with Gasteiger partial charge in [-0.25, -0.2) is 0 Å². The van der Waals surface area contributed by atoms with Crippen molar-refractivity contribution in [3.63, 3.8) is 0 Å². The van der Waals surface area contributed by atoms with E-state index in [0.29, 0.717) is 0 Å². The molecule has 0 heterocycles. The largest absolute Gasteiger partial charge is 0.0616 e. The molecule has 0 saturated carbocycles. The molecule has 0 bridgehead atoms. The number of fused-ring (bicyclic) bond motifs is 6. The van der Waals surface area contributed by atoms with Gasteiger partial charge in [-0.3, -0.25) is 0 Å². The van der Waals surface area contributed by atoms with Crippen LogP contribution in [-0.2, 0) is 0 Å². The monoisotopic (exact) mass is 1020 g/mol. The van der Waals surface area contributed by atoms with Crippen LogP contribution in [0.4, 0.5) is 0 Å². The molecule has 0 heteroatoms. The van der Waals surface area contributed by atoms with Gasteiger partial charge in [0.1, 0.15) is 0 Å². The van der Waals surface area contributed by atoms with E-state index >= 15 is 0 Å². The third-order valence-corrected chi connectivity index (χ3v) is 18.3. The summed E-state index contributed by atoms with van der Waals surface area (Å²) in [5, 5.41) is 15.1. The summed E-state index contributed by atoms with van der Waals surface area (Å²) in [4.78, 5) is 0. The van der Waals surface area contributed by atoms with Gasteiger partial charge in [0, 0.05) is 0 Å². The second kappa shape index (κ2) is 19.2. The highest BCUT2D eigenvalue weighted by atomic mass is 14.3. The van der Waals surface area contributed by atoms with E-state index in [1.807, 2.05) is 0 Å². The van der Waals surface area contributed by atoms with Crippen LogP contribution in [0.2, 0.25) is 0 Å². The zero-order valence-electron chi connectivity index (χ0n) is 46.9. The molecule has 14 aromatic carbocycles. The topological polar surface area (TPSA) is 0 Å². The van der Waals surface area contributed by atoms with Gasteiger partial charge in [-0.2, -0.15) is 0 Å². The normalized spacial score (nSPS) is 11.8. The van der Waals surface area contributed by atoms with Crippen LogP contribution in [0.25, 0.3) is 143 Å². The molecule has 0 atom stereocenters.